The Kier molecular flexibility index (Phi) is 7.76. The minimum absolute atomic E-state index is 0.136. The summed E-state index contributed by atoms with van der Waals surface area (Å²) < 4.78 is 33.8. The lowest BCUT2D eigenvalue weighted by Gasteiger charge is -2.25. The first-order valence-corrected chi connectivity index (χ1v) is 12.2. The third kappa shape index (κ3) is 6.35. The van der Waals surface area contributed by atoms with Crippen molar-refractivity contribution in [2.75, 3.05) is 17.5 Å². The molecule has 0 radical (unpaired) electrons. The van der Waals surface area contributed by atoms with Gasteiger partial charge in [0.2, 0.25) is 5.91 Å². The minimum Gasteiger partial charge on any atom is -0.491 e. The maximum absolute atomic E-state index is 13.4. The molecule has 7 heteroatoms. The number of carbonyl (C=O) groups excluding carboxylic acids is 1. The van der Waals surface area contributed by atoms with Crippen molar-refractivity contribution in [3.8, 4) is 5.75 Å². The van der Waals surface area contributed by atoms with Crippen molar-refractivity contribution in [3.05, 3.63) is 89.5 Å². The first kappa shape index (κ1) is 24.3. The van der Waals surface area contributed by atoms with Crippen LogP contribution in [0.25, 0.3) is 0 Å². The first-order chi connectivity index (χ1) is 15.7. The van der Waals surface area contributed by atoms with Gasteiger partial charge in [-0.1, -0.05) is 53.6 Å². The van der Waals surface area contributed by atoms with Crippen LogP contribution >= 0.6 is 0 Å². The van der Waals surface area contributed by atoms with Gasteiger partial charge in [-0.3, -0.25) is 9.10 Å². The zero-order chi connectivity index (χ0) is 24.0. The fourth-order valence-electron chi connectivity index (χ4n) is 3.29. The zero-order valence-corrected chi connectivity index (χ0v) is 20.2. The maximum atomic E-state index is 13.4. The maximum Gasteiger partial charge on any atom is 0.264 e. The van der Waals surface area contributed by atoms with Gasteiger partial charge in [0.15, 0.2) is 0 Å². The number of carbonyl (C=O) groups is 1. The molecule has 0 aromatic heterocycles. The van der Waals surface area contributed by atoms with Gasteiger partial charge in [-0.15, -0.1) is 0 Å². The molecule has 1 atom stereocenters. The van der Waals surface area contributed by atoms with Crippen molar-refractivity contribution in [1.82, 2.24) is 5.32 Å². The van der Waals surface area contributed by atoms with Gasteiger partial charge in [-0.05, 0) is 63.6 Å². The lowest BCUT2D eigenvalue weighted by Crippen LogP contribution is -2.45. The summed E-state index contributed by atoms with van der Waals surface area (Å²) in [5, 5.41) is 2.84. The Morgan fingerprint density at radius 3 is 2.09 bits per heavy atom. The molecule has 1 amide bonds. The normalized spacial score (nSPS) is 12.1. The van der Waals surface area contributed by atoms with E-state index in [1.165, 1.54) is 0 Å². The molecule has 0 saturated heterocycles. The van der Waals surface area contributed by atoms with Gasteiger partial charge in [-0.2, -0.15) is 0 Å². The highest BCUT2D eigenvalue weighted by atomic mass is 32.2. The smallest absolute Gasteiger partial charge is 0.264 e. The van der Waals surface area contributed by atoms with Crippen LogP contribution in [0.1, 0.15) is 23.6 Å². The highest BCUT2D eigenvalue weighted by molar-refractivity contribution is 7.92. The highest BCUT2D eigenvalue weighted by Gasteiger charge is 2.27. The number of anilines is 1. The van der Waals surface area contributed by atoms with Gasteiger partial charge in [0.25, 0.3) is 10.0 Å². The van der Waals surface area contributed by atoms with Crippen molar-refractivity contribution < 1.29 is 17.9 Å². The van der Waals surface area contributed by atoms with Crippen LogP contribution in [0.5, 0.6) is 5.75 Å². The quantitative estimate of drug-likeness (QED) is 0.507. The molecule has 33 heavy (non-hydrogen) atoms. The van der Waals surface area contributed by atoms with Gasteiger partial charge in [0.05, 0.1) is 16.6 Å². The van der Waals surface area contributed by atoms with E-state index in [4.69, 9.17) is 4.74 Å². The summed E-state index contributed by atoms with van der Waals surface area (Å²) in [6.45, 7) is 7.52. The number of hydrogen-bond acceptors (Lipinski definition) is 4. The number of ether oxygens (including phenoxy) is 1. The average Bonchev–Trinajstić information content (AvgIpc) is 2.78. The molecule has 0 aliphatic rings. The number of aryl methyl sites for hydroxylation is 3. The largest absolute Gasteiger partial charge is 0.491 e. The van der Waals surface area contributed by atoms with Crippen molar-refractivity contribution in [1.29, 1.82) is 0 Å². The van der Waals surface area contributed by atoms with Crippen molar-refractivity contribution in [2.45, 2.75) is 38.6 Å². The topological polar surface area (TPSA) is 75.7 Å². The van der Waals surface area contributed by atoms with E-state index < -0.39 is 15.9 Å². The standard InChI is InChI=1S/C26H30N2O4S/c1-19-9-13-23(14-10-19)28(33(30,31)24-15-11-20(2)12-16-24)17-26(29)27-22(4)18-32-25-8-6-5-7-21(25)3/h5-16,22H,17-18H2,1-4H3,(H,27,29). The van der Waals surface area contributed by atoms with E-state index in [-0.39, 0.29) is 24.1 Å². The van der Waals surface area contributed by atoms with E-state index in [0.29, 0.717) is 5.69 Å². The molecule has 0 heterocycles. The van der Waals surface area contributed by atoms with Gasteiger partial charge in [-0.25, -0.2) is 8.42 Å². The predicted octanol–water partition coefficient (Wildman–Crippen LogP) is 4.39. The molecule has 0 aliphatic heterocycles. The molecule has 1 unspecified atom stereocenters. The van der Waals surface area contributed by atoms with Crippen molar-refractivity contribution in [2.24, 2.45) is 0 Å². The molecular weight excluding hydrogens is 436 g/mol. The van der Waals surface area contributed by atoms with E-state index in [1.807, 2.05) is 64.1 Å². The molecule has 0 bridgehead atoms. The monoisotopic (exact) mass is 466 g/mol. The summed E-state index contributed by atoms with van der Waals surface area (Å²) in [4.78, 5) is 13.0. The van der Waals surface area contributed by atoms with Crippen LogP contribution in [0.3, 0.4) is 0 Å². The molecule has 3 aromatic rings. The van der Waals surface area contributed by atoms with Crippen LogP contribution in [-0.4, -0.2) is 33.5 Å². The molecular formula is C26H30N2O4S. The van der Waals surface area contributed by atoms with Gasteiger partial charge < -0.3 is 10.1 Å². The number of hydrogen-bond donors (Lipinski definition) is 1. The molecule has 0 saturated carbocycles. The SMILES string of the molecule is Cc1ccc(N(CC(=O)NC(C)COc2ccccc2C)S(=O)(=O)c2ccc(C)cc2)cc1. The Labute approximate surface area is 196 Å². The van der Waals surface area contributed by atoms with Crippen LogP contribution in [-0.2, 0) is 14.8 Å². The molecule has 174 valence electrons. The van der Waals surface area contributed by atoms with Crippen LogP contribution < -0.4 is 14.4 Å². The number of para-hydroxylation sites is 1. The Morgan fingerprint density at radius 1 is 0.909 bits per heavy atom. The molecule has 0 fully saturated rings. The summed E-state index contributed by atoms with van der Waals surface area (Å²) in [6.07, 6.45) is 0. The number of amides is 1. The van der Waals surface area contributed by atoms with Gasteiger partial charge in [0.1, 0.15) is 18.9 Å². The van der Waals surface area contributed by atoms with E-state index >= 15 is 0 Å². The van der Waals surface area contributed by atoms with E-state index in [2.05, 4.69) is 5.32 Å². The number of rotatable bonds is 9. The molecule has 1 N–H and O–H groups in total. The van der Waals surface area contributed by atoms with Crippen LogP contribution in [0.2, 0.25) is 0 Å². The third-order valence-corrected chi connectivity index (χ3v) is 7.00. The summed E-state index contributed by atoms with van der Waals surface area (Å²) in [7, 11) is -3.93. The zero-order valence-electron chi connectivity index (χ0n) is 19.4. The number of nitrogens with zero attached hydrogens (tertiary/aromatic N) is 1. The predicted molar refractivity (Wildman–Crippen MR) is 131 cm³/mol. The summed E-state index contributed by atoms with van der Waals surface area (Å²) in [5.41, 5.74) is 3.39. The molecule has 3 rings (SSSR count). The molecule has 0 aliphatic carbocycles. The number of nitrogens with one attached hydrogen (secondary N) is 1. The fourth-order valence-corrected chi connectivity index (χ4v) is 4.71. The summed E-state index contributed by atoms with van der Waals surface area (Å²) in [6, 6.07) is 21.0. The second-order valence-electron chi connectivity index (χ2n) is 8.21. The Bertz CT molecular complexity index is 1190. The number of benzene rings is 3. The first-order valence-electron chi connectivity index (χ1n) is 10.8. The Balaban J connectivity index is 1.75. The third-order valence-electron chi connectivity index (χ3n) is 5.21. The van der Waals surface area contributed by atoms with E-state index in [9.17, 15) is 13.2 Å². The van der Waals surface area contributed by atoms with E-state index in [0.717, 1.165) is 26.7 Å². The second kappa shape index (κ2) is 10.5. The van der Waals surface area contributed by atoms with Crippen molar-refractivity contribution >= 4 is 21.6 Å². The van der Waals surface area contributed by atoms with Gasteiger partial charge in [0, 0.05) is 0 Å². The molecule has 3 aromatic carbocycles. The van der Waals surface area contributed by atoms with Crippen LogP contribution in [0.15, 0.2) is 77.7 Å². The summed E-state index contributed by atoms with van der Waals surface area (Å²) in [5.74, 6) is 0.342. The fraction of sp³-hybridized carbons (Fsp3) is 0.269. The molecule has 6 nitrogen and oxygen atoms in total. The van der Waals surface area contributed by atoms with Gasteiger partial charge >= 0.3 is 0 Å². The second-order valence-corrected chi connectivity index (χ2v) is 10.1. The highest BCUT2D eigenvalue weighted by Crippen LogP contribution is 2.24. The Morgan fingerprint density at radius 2 is 1.48 bits per heavy atom. The van der Waals surface area contributed by atoms with Crippen molar-refractivity contribution in [3.63, 3.8) is 0 Å². The number of sulfonamides is 1. The average molecular weight is 467 g/mol. The lowest BCUT2D eigenvalue weighted by atomic mass is 10.2. The molecule has 0 spiro atoms. The minimum atomic E-state index is -3.93. The lowest BCUT2D eigenvalue weighted by molar-refractivity contribution is -0.120. The van der Waals surface area contributed by atoms with E-state index in [1.54, 1.807) is 36.4 Å². The van der Waals surface area contributed by atoms with Crippen LogP contribution in [0.4, 0.5) is 5.69 Å². The Hall–Kier alpha value is -3.32. The summed E-state index contributed by atoms with van der Waals surface area (Å²) >= 11 is 0. The van der Waals surface area contributed by atoms with Crippen LogP contribution in [0, 0.1) is 20.8 Å².